The van der Waals surface area contributed by atoms with E-state index in [1.807, 2.05) is 30.3 Å². The first-order valence-electron chi connectivity index (χ1n) is 7.05. The lowest BCUT2D eigenvalue weighted by Gasteiger charge is -2.47. The Morgan fingerprint density at radius 3 is 2.85 bits per heavy atom. The average Bonchev–Trinajstić information content (AvgIpc) is 2.43. The first-order valence-corrected chi connectivity index (χ1v) is 7.05. The Labute approximate surface area is 118 Å². The number of carbonyl (C=O) groups excluding carboxylic acids is 1. The molecule has 0 saturated carbocycles. The Kier molecular flexibility index (Phi) is 3.18. The Morgan fingerprint density at radius 2 is 2.10 bits per heavy atom. The maximum absolute atomic E-state index is 12.5. The van der Waals surface area contributed by atoms with Crippen LogP contribution < -0.4 is 5.73 Å². The summed E-state index contributed by atoms with van der Waals surface area (Å²) in [5.41, 5.74) is 6.55. The van der Waals surface area contributed by atoms with Gasteiger partial charge in [-0.05, 0) is 17.9 Å². The molecular weight excluding hydrogens is 250 g/mol. The lowest BCUT2D eigenvalue weighted by Crippen LogP contribution is -2.68. The zero-order chi connectivity index (χ0) is 14.2. The molecule has 1 saturated heterocycles. The number of rotatable bonds is 3. The number of fused-ring (bicyclic) bond motifs is 1. The van der Waals surface area contributed by atoms with Crippen molar-refractivity contribution in [1.29, 1.82) is 0 Å². The van der Waals surface area contributed by atoms with E-state index in [1.165, 1.54) is 0 Å². The van der Waals surface area contributed by atoms with Gasteiger partial charge >= 0.3 is 0 Å². The van der Waals surface area contributed by atoms with Crippen LogP contribution in [0.1, 0.15) is 30.3 Å². The number of aromatic nitrogens is 1. The molecule has 0 unspecified atom stereocenters. The van der Waals surface area contributed by atoms with E-state index in [0.29, 0.717) is 18.8 Å². The zero-order valence-corrected chi connectivity index (χ0v) is 11.7. The molecule has 0 radical (unpaired) electrons. The molecule has 1 aliphatic rings. The predicted octanol–water partition coefficient (Wildman–Crippen LogP) is 2.19. The molecule has 3 rings (SSSR count). The van der Waals surface area contributed by atoms with Crippen LogP contribution >= 0.6 is 0 Å². The Hall–Kier alpha value is -1.94. The number of amides is 1. The van der Waals surface area contributed by atoms with Gasteiger partial charge < -0.3 is 10.6 Å². The van der Waals surface area contributed by atoms with Gasteiger partial charge in [0.15, 0.2) is 0 Å². The highest BCUT2D eigenvalue weighted by Crippen LogP contribution is 2.26. The predicted molar refractivity (Wildman–Crippen MR) is 79.5 cm³/mol. The normalized spacial score (nSPS) is 17.0. The second kappa shape index (κ2) is 4.87. The van der Waals surface area contributed by atoms with E-state index in [4.69, 9.17) is 5.73 Å². The zero-order valence-electron chi connectivity index (χ0n) is 11.7. The fourth-order valence-electron chi connectivity index (χ4n) is 2.95. The summed E-state index contributed by atoms with van der Waals surface area (Å²) in [5.74, 6) is -0.0148. The van der Waals surface area contributed by atoms with Crippen LogP contribution in [0, 0.1) is 0 Å². The van der Waals surface area contributed by atoms with E-state index in [1.54, 1.807) is 11.1 Å². The summed E-state index contributed by atoms with van der Waals surface area (Å²) >= 11 is 0. The highest BCUT2D eigenvalue weighted by atomic mass is 16.2. The number of carbonyl (C=O) groups is 1. The molecule has 1 aromatic carbocycles. The minimum absolute atomic E-state index is 0.0148. The molecule has 1 amide bonds. The third-order valence-electron chi connectivity index (χ3n) is 3.92. The van der Waals surface area contributed by atoms with Gasteiger partial charge in [-0.15, -0.1) is 0 Å². The van der Waals surface area contributed by atoms with Gasteiger partial charge in [0, 0.05) is 24.7 Å². The SMILES string of the molecule is CCCC1(N)CN(C(=O)c2nccc3ccccc23)C1. The Bertz CT molecular complexity index is 642. The standard InChI is InChI=1S/C16H19N3O/c1-2-8-16(17)10-19(11-16)15(20)14-13-6-4-3-5-12(13)7-9-18-14/h3-7,9H,2,8,10-11,17H2,1H3. The molecule has 0 spiro atoms. The van der Waals surface area contributed by atoms with Crippen molar-refractivity contribution in [3.8, 4) is 0 Å². The van der Waals surface area contributed by atoms with Gasteiger partial charge in [0.25, 0.3) is 5.91 Å². The monoisotopic (exact) mass is 269 g/mol. The summed E-state index contributed by atoms with van der Waals surface area (Å²) in [6.45, 7) is 3.38. The number of pyridine rings is 1. The largest absolute Gasteiger partial charge is 0.333 e. The minimum Gasteiger partial charge on any atom is -0.333 e. The number of hydrogen-bond acceptors (Lipinski definition) is 3. The van der Waals surface area contributed by atoms with Crippen LogP contribution in [0.3, 0.4) is 0 Å². The lowest BCUT2D eigenvalue weighted by atomic mass is 9.86. The van der Waals surface area contributed by atoms with E-state index < -0.39 is 0 Å². The first-order chi connectivity index (χ1) is 9.63. The van der Waals surface area contributed by atoms with Gasteiger partial charge in [-0.25, -0.2) is 0 Å². The quantitative estimate of drug-likeness (QED) is 0.929. The van der Waals surface area contributed by atoms with Crippen molar-refractivity contribution in [3.63, 3.8) is 0 Å². The molecule has 104 valence electrons. The van der Waals surface area contributed by atoms with Gasteiger partial charge in [0.2, 0.25) is 0 Å². The molecule has 20 heavy (non-hydrogen) atoms. The summed E-state index contributed by atoms with van der Waals surface area (Å²) in [6.07, 6.45) is 3.70. The third kappa shape index (κ3) is 2.16. The van der Waals surface area contributed by atoms with Crippen LogP contribution in [0.2, 0.25) is 0 Å². The van der Waals surface area contributed by atoms with E-state index in [2.05, 4.69) is 11.9 Å². The van der Waals surface area contributed by atoms with Crippen molar-refractivity contribution in [2.75, 3.05) is 13.1 Å². The number of nitrogens with zero attached hydrogens (tertiary/aromatic N) is 2. The van der Waals surface area contributed by atoms with Crippen molar-refractivity contribution in [3.05, 3.63) is 42.2 Å². The third-order valence-corrected chi connectivity index (χ3v) is 3.92. The topological polar surface area (TPSA) is 59.2 Å². The molecular formula is C16H19N3O. The first kappa shape index (κ1) is 13.1. The molecule has 1 aliphatic heterocycles. The highest BCUT2D eigenvalue weighted by molar-refractivity contribution is 6.05. The number of likely N-dealkylation sites (tertiary alicyclic amines) is 1. The maximum atomic E-state index is 12.5. The lowest BCUT2D eigenvalue weighted by molar-refractivity contribution is 0.0383. The van der Waals surface area contributed by atoms with Crippen LogP contribution in [0.15, 0.2) is 36.5 Å². The fourth-order valence-corrected chi connectivity index (χ4v) is 2.95. The molecule has 2 N–H and O–H groups in total. The van der Waals surface area contributed by atoms with Gasteiger partial charge in [0.05, 0.1) is 5.54 Å². The van der Waals surface area contributed by atoms with E-state index >= 15 is 0 Å². The van der Waals surface area contributed by atoms with Crippen molar-refractivity contribution >= 4 is 16.7 Å². The van der Waals surface area contributed by atoms with Crippen molar-refractivity contribution < 1.29 is 4.79 Å². The molecule has 2 aromatic rings. The average molecular weight is 269 g/mol. The molecule has 1 fully saturated rings. The van der Waals surface area contributed by atoms with Crippen LogP contribution in [0.25, 0.3) is 10.8 Å². The second-order valence-electron chi connectivity index (χ2n) is 5.65. The van der Waals surface area contributed by atoms with E-state index in [0.717, 1.165) is 23.6 Å². The summed E-state index contributed by atoms with van der Waals surface area (Å²) in [6, 6.07) is 9.76. The fraction of sp³-hybridized carbons (Fsp3) is 0.375. The summed E-state index contributed by atoms with van der Waals surface area (Å²) in [4.78, 5) is 18.6. The molecule has 1 aromatic heterocycles. The maximum Gasteiger partial charge on any atom is 0.273 e. The van der Waals surface area contributed by atoms with Crippen LogP contribution in [-0.4, -0.2) is 34.4 Å². The summed E-state index contributed by atoms with van der Waals surface area (Å²) < 4.78 is 0. The van der Waals surface area contributed by atoms with Crippen molar-refractivity contribution in [1.82, 2.24) is 9.88 Å². The van der Waals surface area contributed by atoms with Gasteiger partial charge in [-0.1, -0.05) is 37.6 Å². The summed E-state index contributed by atoms with van der Waals surface area (Å²) in [5, 5.41) is 1.95. The minimum atomic E-state index is -0.199. The molecule has 4 heteroatoms. The number of hydrogen-bond donors (Lipinski definition) is 1. The molecule has 0 atom stereocenters. The Morgan fingerprint density at radius 1 is 1.35 bits per heavy atom. The van der Waals surface area contributed by atoms with E-state index in [9.17, 15) is 4.79 Å². The van der Waals surface area contributed by atoms with Gasteiger partial charge in [-0.3, -0.25) is 9.78 Å². The Balaban J connectivity index is 1.84. The van der Waals surface area contributed by atoms with Crippen LogP contribution in [0.4, 0.5) is 0 Å². The van der Waals surface area contributed by atoms with Crippen LogP contribution in [-0.2, 0) is 0 Å². The summed E-state index contributed by atoms with van der Waals surface area (Å²) in [7, 11) is 0. The second-order valence-corrected chi connectivity index (χ2v) is 5.65. The number of benzene rings is 1. The molecule has 4 nitrogen and oxygen atoms in total. The van der Waals surface area contributed by atoms with Crippen LogP contribution in [0.5, 0.6) is 0 Å². The molecule has 0 bridgehead atoms. The van der Waals surface area contributed by atoms with Gasteiger partial charge in [-0.2, -0.15) is 0 Å². The van der Waals surface area contributed by atoms with Crippen molar-refractivity contribution in [2.24, 2.45) is 5.73 Å². The highest BCUT2D eigenvalue weighted by Gasteiger charge is 2.41. The number of nitrogens with two attached hydrogens (primary N) is 1. The molecule has 0 aliphatic carbocycles. The van der Waals surface area contributed by atoms with E-state index in [-0.39, 0.29) is 11.4 Å². The van der Waals surface area contributed by atoms with Gasteiger partial charge in [0.1, 0.15) is 5.69 Å². The van der Waals surface area contributed by atoms with Crippen molar-refractivity contribution in [2.45, 2.75) is 25.3 Å². The smallest absolute Gasteiger partial charge is 0.273 e. The molecule has 2 heterocycles.